The zero-order valence-electron chi connectivity index (χ0n) is 10.7. The minimum Gasteiger partial charge on any atom is -0.396 e. The Bertz CT molecular complexity index is 549. The summed E-state index contributed by atoms with van der Waals surface area (Å²) in [7, 11) is 0. The molecule has 0 aliphatic carbocycles. The van der Waals surface area contributed by atoms with Crippen molar-refractivity contribution in [1.82, 2.24) is 9.78 Å². The largest absolute Gasteiger partial charge is 0.396 e. The fourth-order valence-corrected chi connectivity index (χ4v) is 2.15. The average molecular weight is 248 g/mol. The fraction of sp³-hybridized carbons (Fsp3) is 0.357. The van der Waals surface area contributed by atoms with E-state index < -0.39 is 0 Å². The Morgan fingerprint density at radius 2 is 2.11 bits per heavy atom. The molecule has 1 N–H and O–H groups in total. The Morgan fingerprint density at radius 1 is 1.33 bits per heavy atom. The zero-order chi connectivity index (χ0) is 13.1. The summed E-state index contributed by atoms with van der Waals surface area (Å²) in [6, 6.07) is 6.39. The number of hydrogen-bond donors (Lipinski definition) is 1. The smallest absolute Gasteiger partial charge is 0.125 e. The molecule has 18 heavy (non-hydrogen) atoms. The minimum absolute atomic E-state index is 0.171. The van der Waals surface area contributed by atoms with E-state index in [4.69, 9.17) is 5.11 Å². The van der Waals surface area contributed by atoms with E-state index in [2.05, 4.69) is 5.10 Å². The maximum absolute atomic E-state index is 13.2. The van der Waals surface area contributed by atoms with Gasteiger partial charge in [0.25, 0.3) is 0 Å². The molecular formula is C14H17FN2O. The molecule has 2 aromatic rings. The van der Waals surface area contributed by atoms with Crippen molar-refractivity contribution in [3.8, 4) is 5.69 Å². The van der Waals surface area contributed by atoms with Crippen LogP contribution in [0.1, 0.15) is 23.4 Å². The number of aliphatic hydroxyl groups is 1. The highest BCUT2D eigenvalue weighted by Crippen LogP contribution is 2.19. The summed E-state index contributed by atoms with van der Waals surface area (Å²) in [5, 5.41) is 13.3. The first-order valence-corrected chi connectivity index (χ1v) is 6.05. The third-order valence-corrected chi connectivity index (χ3v) is 3.08. The predicted molar refractivity (Wildman–Crippen MR) is 68.4 cm³/mol. The number of aromatic nitrogens is 2. The van der Waals surface area contributed by atoms with Crippen LogP contribution < -0.4 is 0 Å². The summed E-state index contributed by atoms with van der Waals surface area (Å²) in [5.41, 5.74) is 3.80. The molecular weight excluding hydrogens is 231 g/mol. The number of aryl methyl sites for hydroxylation is 1. The summed E-state index contributed by atoms with van der Waals surface area (Å²) >= 11 is 0. The molecule has 0 bridgehead atoms. The lowest BCUT2D eigenvalue weighted by Crippen LogP contribution is -2.00. The molecule has 0 atom stereocenters. The lowest BCUT2D eigenvalue weighted by atomic mass is 10.1. The molecule has 2 rings (SSSR count). The Balaban J connectivity index is 2.40. The molecule has 0 amide bonds. The molecule has 0 unspecified atom stereocenters. The maximum atomic E-state index is 13.2. The molecule has 0 radical (unpaired) electrons. The van der Waals surface area contributed by atoms with Gasteiger partial charge in [-0.3, -0.25) is 0 Å². The second-order valence-electron chi connectivity index (χ2n) is 4.37. The van der Waals surface area contributed by atoms with Crippen LogP contribution in [0.15, 0.2) is 24.3 Å². The van der Waals surface area contributed by atoms with Crippen molar-refractivity contribution >= 4 is 0 Å². The molecule has 1 aromatic heterocycles. The van der Waals surface area contributed by atoms with Crippen LogP contribution in [0.5, 0.6) is 0 Å². The van der Waals surface area contributed by atoms with E-state index in [1.165, 1.54) is 12.1 Å². The molecule has 0 saturated carbocycles. The second-order valence-corrected chi connectivity index (χ2v) is 4.37. The van der Waals surface area contributed by atoms with E-state index in [0.717, 1.165) is 35.5 Å². The highest BCUT2D eigenvalue weighted by molar-refractivity contribution is 5.37. The summed E-state index contributed by atoms with van der Waals surface area (Å²) in [4.78, 5) is 0. The Kier molecular flexibility index (Phi) is 3.77. The summed E-state index contributed by atoms with van der Waals surface area (Å²) in [6.07, 6.45) is 1.51. The highest BCUT2D eigenvalue weighted by atomic mass is 19.1. The van der Waals surface area contributed by atoms with Gasteiger partial charge in [0.15, 0.2) is 0 Å². The van der Waals surface area contributed by atoms with E-state index in [1.54, 1.807) is 10.7 Å². The van der Waals surface area contributed by atoms with Crippen molar-refractivity contribution in [1.29, 1.82) is 0 Å². The van der Waals surface area contributed by atoms with Gasteiger partial charge in [-0.15, -0.1) is 0 Å². The lowest BCUT2D eigenvalue weighted by molar-refractivity contribution is 0.288. The van der Waals surface area contributed by atoms with Gasteiger partial charge in [0.1, 0.15) is 5.82 Å². The summed E-state index contributed by atoms with van der Waals surface area (Å²) in [6.45, 7) is 4.08. The van der Waals surface area contributed by atoms with E-state index in [9.17, 15) is 4.39 Å². The van der Waals surface area contributed by atoms with Crippen LogP contribution in [0.4, 0.5) is 4.39 Å². The van der Waals surface area contributed by atoms with Gasteiger partial charge >= 0.3 is 0 Å². The van der Waals surface area contributed by atoms with Crippen LogP contribution in [0.3, 0.4) is 0 Å². The van der Waals surface area contributed by atoms with E-state index in [-0.39, 0.29) is 12.4 Å². The van der Waals surface area contributed by atoms with Crippen LogP contribution in [0.25, 0.3) is 5.69 Å². The van der Waals surface area contributed by atoms with E-state index in [1.807, 2.05) is 19.9 Å². The molecule has 1 aromatic carbocycles. The van der Waals surface area contributed by atoms with Gasteiger partial charge in [-0.05, 0) is 50.5 Å². The number of rotatable bonds is 4. The van der Waals surface area contributed by atoms with E-state index in [0.29, 0.717) is 0 Å². The van der Waals surface area contributed by atoms with Crippen molar-refractivity contribution < 1.29 is 9.50 Å². The number of hydrogen-bond acceptors (Lipinski definition) is 2. The van der Waals surface area contributed by atoms with Gasteiger partial charge in [-0.2, -0.15) is 5.10 Å². The molecule has 1 heterocycles. The number of aliphatic hydroxyl groups excluding tert-OH is 1. The summed E-state index contributed by atoms with van der Waals surface area (Å²) in [5.74, 6) is -0.267. The average Bonchev–Trinajstić information content (AvgIpc) is 2.63. The summed E-state index contributed by atoms with van der Waals surface area (Å²) < 4.78 is 15.0. The van der Waals surface area contributed by atoms with Crippen LogP contribution in [0.2, 0.25) is 0 Å². The first-order valence-electron chi connectivity index (χ1n) is 6.05. The van der Waals surface area contributed by atoms with Crippen molar-refractivity contribution in [2.75, 3.05) is 6.61 Å². The Hall–Kier alpha value is -1.68. The lowest BCUT2D eigenvalue weighted by Gasteiger charge is -2.05. The van der Waals surface area contributed by atoms with Crippen LogP contribution in [-0.2, 0) is 6.42 Å². The maximum Gasteiger partial charge on any atom is 0.125 e. The molecule has 0 aliphatic rings. The van der Waals surface area contributed by atoms with Crippen molar-refractivity contribution in [2.45, 2.75) is 26.7 Å². The van der Waals surface area contributed by atoms with E-state index >= 15 is 0 Å². The van der Waals surface area contributed by atoms with Gasteiger partial charge in [0, 0.05) is 12.3 Å². The third-order valence-electron chi connectivity index (χ3n) is 3.08. The van der Waals surface area contributed by atoms with Crippen LogP contribution in [0, 0.1) is 19.7 Å². The minimum atomic E-state index is -0.267. The quantitative estimate of drug-likeness (QED) is 0.903. The molecule has 0 aliphatic heterocycles. The first kappa shape index (κ1) is 12.8. The molecule has 96 valence electrons. The zero-order valence-corrected chi connectivity index (χ0v) is 10.7. The molecule has 0 saturated heterocycles. The molecule has 0 spiro atoms. The van der Waals surface area contributed by atoms with Gasteiger partial charge in [-0.1, -0.05) is 6.07 Å². The van der Waals surface area contributed by atoms with Crippen LogP contribution >= 0.6 is 0 Å². The van der Waals surface area contributed by atoms with Crippen molar-refractivity contribution in [3.63, 3.8) is 0 Å². The van der Waals surface area contributed by atoms with Gasteiger partial charge in [-0.25, -0.2) is 9.07 Å². The predicted octanol–water partition coefficient (Wildman–Crippen LogP) is 2.55. The third kappa shape index (κ3) is 2.43. The fourth-order valence-electron chi connectivity index (χ4n) is 2.15. The first-order chi connectivity index (χ1) is 8.63. The van der Waals surface area contributed by atoms with Gasteiger partial charge in [0.05, 0.1) is 11.4 Å². The molecule has 3 nitrogen and oxygen atoms in total. The SMILES string of the molecule is Cc1nn(-c2cccc(F)c2)c(C)c1CCCO. The Morgan fingerprint density at radius 3 is 2.78 bits per heavy atom. The number of nitrogens with zero attached hydrogens (tertiary/aromatic N) is 2. The monoisotopic (exact) mass is 248 g/mol. The van der Waals surface area contributed by atoms with Crippen molar-refractivity contribution in [3.05, 3.63) is 47.0 Å². The highest BCUT2D eigenvalue weighted by Gasteiger charge is 2.12. The van der Waals surface area contributed by atoms with Crippen molar-refractivity contribution in [2.24, 2.45) is 0 Å². The number of halogens is 1. The van der Waals surface area contributed by atoms with Crippen LogP contribution in [-0.4, -0.2) is 21.5 Å². The topological polar surface area (TPSA) is 38.0 Å². The van der Waals surface area contributed by atoms with Gasteiger partial charge in [0.2, 0.25) is 0 Å². The number of benzene rings is 1. The molecule has 4 heteroatoms. The second kappa shape index (κ2) is 5.31. The standard InChI is InChI=1S/C14H17FN2O/c1-10-14(7-4-8-18)11(2)17(16-10)13-6-3-5-12(15)9-13/h3,5-6,9,18H,4,7-8H2,1-2H3. The van der Waals surface area contributed by atoms with Gasteiger partial charge < -0.3 is 5.11 Å². The Labute approximate surface area is 106 Å². The molecule has 0 fully saturated rings. The normalized spacial score (nSPS) is 10.9.